The van der Waals surface area contributed by atoms with E-state index in [1.807, 2.05) is 18.3 Å². The van der Waals surface area contributed by atoms with Crippen LogP contribution in [-0.2, 0) is 6.42 Å². The maximum absolute atomic E-state index is 6.14. The molecule has 200 valence electrons. The van der Waals surface area contributed by atoms with Crippen molar-refractivity contribution < 1.29 is 0 Å². The average molecular weight is 577 g/mol. The first kappa shape index (κ1) is 26.5. The lowest BCUT2D eigenvalue weighted by molar-refractivity contribution is 0.337. The van der Waals surface area contributed by atoms with E-state index in [2.05, 4.69) is 68.5 Å². The Morgan fingerprint density at radius 2 is 1.72 bits per heavy atom. The molecular formula is C31H31Cl2N5S. The lowest BCUT2D eigenvalue weighted by Gasteiger charge is -2.27. The van der Waals surface area contributed by atoms with Crippen molar-refractivity contribution in [2.45, 2.75) is 36.5 Å². The van der Waals surface area contributed by atoms with E-state index in [9.17, 15) is 0 Å². The number of aromatic nitrogens is 2. The second-order valence-corrected chi connectivity index (χ2v) is 11.9. The highest BCUT2D eigenvalue weighted by molar-refractivity contribution is 8.00. The van der Waals surface area contributed by atoms with Gasteiger partial charge in [-0.3, -0.25) is 0 Å². The van der Waals surface area contributed by atoms with Gasteiger partial charge in [-0.25, -0.2) is 9.97 Å². The number of benzene rings is 3. The van der Waals surface area contributed by atoms with Crippen molar-refractivity contribution in [2.24, 2.45) is 0 Å². The largest absolute Gasteiger partial charge is 0.354 e. The lowest BCUT2D eigenvalue weighted by atomic mass is 9.78. The van der Waals surface area contributed by atoms with Crippen LogP contribution in [0.25, 0.3) is 11.3 Å². The standard InChI is InChI=1S/C31H31Cl2N5S/c32-23-17-24(33)19-26(18-23)39-37-25-10-8-21(9-11-25)29-16-22-20-35-31(34-12-5-15-38-13-3-4-14-38)36-30(22)28-7-2-1-6-27(28)29/h1-2,6-11,17-20,29,37H,3-5,12-16H2,(H,34,35,36). The van der Waals surface area contributed by atoms with Crippen LogP contribution in [0.5, 0.6) is 0 Å². The van der Waals surface area contributed by atoms with E-state index >= 15 is 0 Å². The molecule has 1 fully saturated rings. The van der Waals surface area contributed by atoms with Crippen LogP contribution in [0.3, 0.4) is 0 Å². The van der Waals surface area contributed by atoms with E-state index in [4.69, 9.17) is 28.2 Å². The van der Waals surface area contributed by atoms with Gasteiger partial charge in [-0.15, -0.1) is 0 Å². The fourth-order valence-corrected chi connectivity index (χ4v) is 6.92. The molecule has 1 unspecified atom stereocenters. The predicted octanol–water partition coefficient (Wildman–Crippen LogP) is 8.16. The fourth-order valence-electron chi connectivity index (χ4n) is 5.52. The number of hydrogen-bond donors (Lipinski definition) is 2. The van der Waals surface area contributed by atoms with Crippen molar-refractivity contribution in [3.05, 3.63) is 99.7 Å². The summed E-state index contributed by atoms with van der Waals surface area (Å²) >= 11 is 13.8. The molecule has 1 aliphatic heterocycles. The van der Waals surface area contributed by atoms with Gasteiger partial charge < -0.3 is 14.9 Å². The Kier molecular flexibility index (Phi) is 8.26. The summed E-state index contributed by atoms with van der Waals surface area (Å²) < 4.78 is 3.39. The Morgan fingerprint density at radius 1 is 0.949 bits per heavy atom. The highest BCUT2D eigenvalue weighted by Gasteiger charge is 2.27. The molecule has 0 radical (unpaired) electrons. The molecule has 1 saturated heterocycles. The predicted molar refractivity (Wildman–Crippen MR) is 164 cm³/mol. The molecule has 5 nitrogen and oxygen atoms in total. The van der Waals surface area contributed by atoms with Gasteiger partial charge in [0.25, 0.3) is 0 Å². The zero-order valence-corrected chi connectivity index (χ0v) is 24.0. The summed E-state index contributed by atoms with van der Waals surface area (Å²) in [6.45, 7) is 4.51. The van der Waals surface area contributed by atoms with Gasteiger partial charge in [0.1, 0.15) is 0 Å². The van der Waals surface area contributed by atoms with Gasteiger partial charge in [-0.1, -0.05) is 59.6 Å². The highest BCUT2D eigenvalue weighted by Crippen LogP contribution is 2.42. The summed E-state index contributed by atoms with van der Waals surface area (Å²) in [5.41, 5.74) is 7.05. The zero-order valence-electron chi connectivity index (χ0n) is 21.7. The Bertz CT molecular complexity index is 1420. The minimum absolute atomic E-state index is 0.255. The van der Waals surface area contributed by atoms with Crippen LogP contribution in [0.1, 0.15) is 41.9 Å². The molecule has 2 heterocycles. The molecule has 2 N–H and O–H groups in total. The molecule has 2 aliphatic rings. The Labute approximate surface area is 244 Å². The first-order valence-electron chi connectivity index (χ1n) is 13.5. The number of rotatable bonds is 9. The molecule has 1 aromatic heterocycles. The SMILES string of the molecule is Clc1cc(Cl)cc(SNc2ccc(C3Cc4cnc(NCCCN5CCCC5)nc4-c4ccccc43)cc2)c1. The Balaban J connectivity index is 1.14. The van der Waals surface area contributed by atoms with E-state index in [0.29, 0.717) is 10.0 Å². The van der Waals surface area contributed by atoms with Crippen LogP contribution in [-0.4, -0.2) is 41.0 Å². The molecule has 0 saturated carbocycles. The second-order valence-electron chi connectivity index (χ2n) is 10.2. The topological polar surface area (TPSA) is 53.1 Å². The van der Waals surface area contributed by atoms with E-state index in [0.717, 1.165) is 48.2 Å². The number of hydrogen-bond acceptors (Lipinski definition) is 6. The molecule has 0 spiro atoms. The quantitative estimate of drug-likeness (QED) is 0.155. The second kappa shape index (κ2) is 12.2. The molecule has 0 amide bonds. The maximum Gasteiger partial charge on any atom is 0.223 e. The van der Waals surface area contributed by atoms with Crippen LogP contribution in [0.15, 0.2) is 77.8 Å². The minimum atomic E-state index is 0.255. The summed E-state index contributed by atoms with van der Waals surface area (Å²) in [5, 5.41) is 4.71. The molecule has 1 aliphatic carbocycles. The van der Waals surface area contributed by atoms with E-state index < -0.39 is 0 Å². The van der Waals surface area contributed by atoms with Gasteiger partial charge in [0.15, 0.2) is 0 Å². The summed E-state index contributed by atoms with van der Waals surface area (Å²) in [4.78, 5) is 13.2. The molecule has 6 rings (SSSR count). The van der Waals surface area contributed by atoms with Crippen molar-refractivity contribution in [2.75, 3.05) is 36.2 Å². The van der Waals surface area contributed by atoms with Crippen molar-refractivity contribution in [1.29, 1.82) is 0 Å². The normalized spacial score (nSPS) is 16.5. The number of fused-ring (bicyclic) bond motifs is 3. The van der Waals surface area contributed by atoms with E-state index in [1.165, 1.54) is 60.1 Å². The van der Waals surface area contributed by atoms with Gasteiger partial charge in [0.2, 0.25) is 5.95 Å². The molecule has 3 aromatic carbocycles. The lowest BCUT2D eigenvalue weighted by Crippen LogP contribution is -2.22. The van der Waals surface area contributed by atoms with Crippen LogP contribution in [0, 0.1) is 0 Å². The number of nitrogens with one attached hydrogen (secondary N) is 2. The number of nitrogens with zero attached hydrogens (tertiary/aromatic N) is 3. The molecule has 4 aromatic rings. The molecule has 8 heteroatoms. The van der Waals surface area contributed by atoms with Crippen LogP contribution < -0.4 is 10.0 Å². The molecule has 1 atom stereocenters. The molecule has 0 bridgehead atoms. The molecule has 39 heavy (non-hydrogen) atoms. The third-order valence-electron chi connectivity index (χ3n) is 7.45. The van der Waals surface area contributed by atoms with E-state index in [-0.39, 0.29) is 5.92 Å². The van der Waals surface area contributed by atoms with Gasteiger partial charge in [0.05, 0.1) is 5.69 Å². The van der Waals surface area contributed by atoms with Gasteiger partial charge in [-0.2, -0.15) is 0 Å². The number of likely N-dealkylation sites (tertiary alicyclic amines) is 1. The number of anilines is 2. The van der Waals surface area contributed by atoms with Crippen molar-refractivity contribution in [3.8, 4) is 11.3 Å². The Hall–Kier alpha value is -2.77. The fraction of sp³-hybridized carbons (Fsp3) is 0.290. The zero-order chi connectivity index (χ0) is 26.6. The summed E-state index contributed by atoms with van der Waals surface area (Å²) in [6.07, 6.45) is 6.67. The van der Waals surface area contributed by atoms with Crippen molar-refractivity contribution >= 4 is 46.8 Å². The smallest absolute Gasteiger partial charge is 0.223 e. The first-order chi connectivity index (χ1) is 19.1. The maximum atomic E-state index is 6.14. The van der Waals surface area contributed by atoms with Crippen LogP contribution >= 0.6 is 35.1 Å². The third kappa shape index (κ3) is 6.36. The number of halogens is 2. The summed E-state index contributed by atoms with van der Waals surface area (Å²) in [7, 11) is 0. The minimum Gasteiger partial charge on any atom is -0.354 e. The Morgan fingerprint density at radius 3 is 2.51 bits per heavy atom. The average Bonchev–Trinajstić information content (AvgIpc) is 3.47. The van der Waals surface area contributed by atoms with E-state index in [1.54, 1.807) is 6.07 Å². The van der Waals surface area contributed by atoms with Gasteiger partial charge in [-0.05, 0) is 104 Å². The van der Waals surface area contributed by atoms with Gasteiger partial charge >= 0.3 is 0 Å². The summed E-state index contributed by atoms with van der Waals surface area (Å²) in [5.74, 6) is 0.974. The van der Waals surface area contributed by atoms with Crippen LogP contribution in [0.4, 0.5) is 11.6 Å². The van der Waals surface area contributed by atoms with Gasteiger partial charge in [0, 0.05) is 44.9 Å². The summed E-state index contributed by atoms with van der Waals surface area (Å²) in [6, 6.07) is 22.8. The van der Waals surface area contributed by atoms with Crippen molar-refractivity contribution in [1.82, 2.24) is 14.9 Å². The monoisotopic (exact) mass is 575 g/mol. The first-order valence-corrected chi connectivity index (χ1v) is 15.1. The van der Waals surface area contributed by atoms with Crippen molar-refractivity contribution in [3.63, 3.8) is 0 Å². The third-order valence-corrected chi connectivity index (χ3v) is 8.69. The van der Waals surface area contributed by atoms with Crippen LogP contribution in [0.2, 0.25) is 10.0 Å². The highest BCUT2D eigenvalue weighted by atomic mass is 35.5. The molecular weight excluding hydrogens is 545 g/mol.